The van der Waals surface area contributed by atoms with Gasteiger partial charge in [0.2, 0.25) is 0 Å². The Morgan fingerprint density at radius 2 is 1.88 bits per heavy atom. The highest BCUT2D eigenvalue weighted by Crippen LogP contribution is 2.28. The van der Waals surface area contributed by atoms with E-state index in [1.54, 1.807) is 60.9 Å². The summed E-state index contributed by atoms with van der Waals surface area (Å²) < 4.78 is 40.3. The van der Waals surface area contributed by atoms with Crippen molar-refractivity contribution in [3.8, 4) is 11.8 Å². The first-order chi connectivity index (χ1) is 15.3. The Hall–Kier alpha value is -3.76. The van der Waals surface area contributed by atoms with Crippen molar-refractivity contribution in [3.63, 3.8) is 0 Å². The molecule has 0 unspecified atom stereocenters. The molecule has 0 radical (unpaired) electrons. The summed E-state index contributed by atoms with van der Waals surface area (Å²) in [6.07, 6.45) is 3.40. The first-order valence-electron chi connectivity index (χ1n) is 9.61. The molecule has 0 bridgehead atoms. The van der Waals surface area contributed by atoms with Crippen molar-refractivity contribution in [2.75, 3.05) is 7.05 Å². The highest BCUT2D eigenvalue weighted by atomic mass is 32.2. The molecule has 0 aliphatic carbocycles. The van der Waals surface area contributed by atoms with Gasteiger partial charge in [-0.05, 0) is 43.3 Å². The monoisotopic (exact) mass is 451 g/mol. The van der Waals surface area contributed by atoms with E-state index in [0.717, 1.165) is 16.5 Å². The minimum atomic E-state index is -3.76. The standard InChI is InChI=1S/C22H19N4O5S/c1-14-18-8-7-17(30-22-24-9-4-10-25-22)13-20(18)31-21(27)19(14)12-15-5-3-6-16(11-15)26-32(28,29)23-2/h3-11,13,23H,12H2,1-2H3/q-1. The molecule has 0 aliphatic heterocycles. The third kappa shape index (κ3) is 4.76. The van der Waals surface area contributed by atoms with Gasteiger partial charge in [0.25, 0.3) is 0 Å². The quantitative estimate of drug-likeness (QED) is 0.424. The molecule has 2 aromatic heterocycles. The van der Waals surface area contributed by atoms with Crippen LogP contribution in [0.3, 0.4) is 0 Å². The maximum atomic E-state index is 12.7. The molecule has 0 saturated heterocycles. The number of fused-ring (bicyclic) bond motifs is 1. The Kier molecular flexibility index (Phi) is 5.89. The molecule has 0 atom stereocenters. The van der Waals surface area contributed by atoms with E-state index in [0.29, 0.717) is 16.9 Å². The molecule has 4 aromatic rings. The molecule has 0 spiro atoms. The highest BCUT2D eigenvalue weighted by molar-refractivity contribution is 7.92. The molecule has 0 saturated carbocycles. The lowest BCUT2D eigenvalue weighted by Crippen LogP contribution is -2.15. The molecule has 0 amide bonds. The Bertz CT molecular complexity index is 1440. The lowest BCUT2D eigenvalue weighted by atomic mass is 9.99. The summed E-state index contributed by atoms with van der Waals surface area (Å²) >= 11 is 0. The van der Waals surface area contributed by atoms with Crippen molar-refractivity contribution < 1.29 is 17.6 Å². The van der Waals surface area contributed by atoms with Gasteiger partial charge in [0.15, 0.2) is 10.2 Å². The minimum absolute atomic E-state index is 0.188. The molecule has 9 nitrogen and oxygen atoms in total. The van der Waals surface area contributed by atoms with E-state index in [2.05, 4.69) is 19.4 Å². The van der Waals surface area contributed by atoms with Crippen LogP contribution in [0.1, 0.15) is 16.7 Å². The van der Waals surface area contributed by atoms with E-state index < -0.39 is 15.8 Å². The van der Waals surface area contributed by atoms with Crippen LogP contribution in [0, 0.1) is 6.92 Å². The van der Waals surface area contributed by atoms with E-state index in [-0.39, 0.29) is 18.1 Å². The molecule has 164 valence electrons. The predicted octanol–water partition coefficient (Wildman–Crippen LogP) is 3.74. The summed E-state index contributed by atoms with van der Waals surface area (Å²) in [7, 11) is -2.47. The molecule has 2 aromatic carbocycles. The predicted molar refractivity (Wildman–Crippen MR) is 120 cm³/mol. The first-order valence-corrected chi connectivity index (χ1v) is 11.1. The summed E-state index contributed by atoms with van der Waals surface area (Å²) in [6.45, 7) is 1.84. The number of aryl methyl sites for hydroxylation is 1. The molecular weight excluding hydrogens is 432 g/mol. The van der Waals surface area contributed by atoms with E-state index >= 15 is 0 Å². The summed E-state index contributed by atoms with van der Waals surface area (Å²) in [5, 5.41) is 0.763. The average Bonchev–Trinajstić information content (AvgIpc) is 2.77. The number of hydrogen-bond acceptors (Lipinski definition) is 7. The molecule has 0 fully saturated rings. The van der Waals surface area contributed by atoms with Crippen LogP contribution in [-0.4, -0.2) is 25.4 Å². The van der Waals surface area contributed by atoms with Gasteiger partial charge in [0.1, 0.15) is 11.3 Å². The second-order valence-corrected chi connectivity index (χ2v) is 8.44. The number of nitrogens with one attached hydrogen (secondary N) is 1. The van der Waals surface area contributed by atoms with Gasteiger partial charge in [-0.2, -0.15) is 0 Å². The Morgan fingerprint density at radius 1 is 1.09 bits per heavy atom. The van der Waals surface area contributed by atoms with Gasteiger partial charge in [-0.1, -0.05) is 24.3 Å². The summed E-state index contributed by atoms with van der Waals surface area (Å²) in [4.78, 5) is 20.7. The van der Waals surface area contributed by atoms with Crippen LogP contribution in [0.2, 0.25) is 0 Å². The van der Waals surface area contributed by atoms with Crippen molar-refractivity contribution >= 4 is 26.9 Å². The van der Waals surface area contributed by atoms with Gasteiger partial charge in [-0.25, -0.2) is 27.9 Å². The van der Waals surface area contributed by atoms with Crippen LogP contribution < -0.4 is 15.1 Å². The first kappa shape index (κ1) is 21.5. The molecule has 0 aliphatic rings. The molecule has 2 heterocycles. The third-order valence-corrected chi connectivity index (χ3v) is 5.75. The van der Waals surface area contributed by atoms with Gasteiger partial charge in [-0.15, -0.1) is 5.69 Å². The average molecular weight is 451 g/mol. The van der Waals surface area contributed by atoms with Crippen molar-refractivity contribution in [2.24, 2.45) is 0 Å². The fraction of sp³-hybridized carbons (Fsp3) is 0.136. The minimum Gasteiger partial charge on any atom is -0.564 e. The number of hydrogen-bond donors (Lipinski definition) is 1. The second kappa shape index (κ2) is 8.77. The van der Waals surface area contributed by atoms with Crippen LogP contribution in [-0.2, 0) is 16.6 Å². The Labute approximate surface area is 184 Å². The zero-order valence-corrected chi connectivity index (χ0v) is 18.1. The van der Waals surface area contributed by atoms with Crippen molar-refractivity contribution in [3.05, 3.63) is 92.8 Å². The van der Waals surface area contributed by atoms with Crippen molar-refractivity contribution in [1.82, 2.24) is 14.7 Å². The smallest absolute Gasteiger partial charge is 0.340 e. The summed E-state index contributed by atoms with van der Waals surface area (Å²) in [6, 6.07) is 13.7. The molecule has 32 heavy (non-hydrogen) atoms. The van der Waals surface area contributed by atoms with Gasteiger partial charge >= 0.3 is 11.6 Å². The Morgan fingerprint density at radius 3 is 2.62 bits per heavy atom. The lowest BCUT2D eigenvalue weighted by Gasteiger charge is -2.21. The van der Waals surface area contributed by atoms with Gasteiger partial charge in [0.05, 0.1) is 0 Å². The van der Waals surface area contributed by atoms with Gasteiger partial charge < -0.3 is 13.9 Å². The maximum Gasteiger partial charge on any atom is 0.340 e. The lowest BCUT2D eigenvalue weighted by molar-refractivity contribution is 0.440. The fourth-order valence-corrected chi connectivity index (χ4v) is 3.68. The van der Waals surface area contributed by atoms with Crippen LogP contribution in [0.25, 0.3) is 15.7 Å². The van der Waals surface area contributed by atoms with Crippen molar-refractivity contribution in [1.29, 1.82) is 0 Å². The van der Waals surface area contributed by atoms with E-state index in [9.17, 15) is 13.2 Å². The van der Waals surface area contributed by atoms with Gasteiger partial charge in [-0.3, -0.25) is 0 Å². The van der Waals surface area contributed by atoms with Crippen LogP contribution in [0.15, 0.2) is 70.1 Å². The number of benzene rings is 2. The SMILES string of the molecule is CNS(=O)(=O)[N-]c1cccc(Cc2c(C)c3ccc(Oc4ncccn4)cc3oc2=O)c1. The zero-order valence-electron chi connectivity index (χ0n) is 17.3. The fourth-order valence-electron chi connectivity index (χ4n) is 3.20. The number of rotatable bonds is 7. The highest BCUT2D eigenvalue weighted by Gasteiger charge is 2.13. The molecule has 4 rings (SSSR count). The number of nitrogens with zero attached hydrogens (tertiary/aromatic N) is 3. The third-order valence-electron chi connectivity index (χ3n) is 4.79. The van der Waals surface area contributed by atoms with Crippen molar-refractivity contribution in [2.45, 2.75) is 13.3 Å². The Balaban J connectivity index is 1.64. The van der Waals surface area contributed by atoms with Crippen LogP contribution >= 0.6 is 0 Å². The zero-order chi connectivity index (χ0) is 22.7. The van der Waals surface area contributed by atoms with E-state index in [1.165, 1.54) is 7.05 Å². The normalized spacial score (nSPS) is 11.4. The van der Waals surface area contributed by atoms with Crippen LogP contribution in [0.5, 0.6) is 11.8 Å². The largest absolute Gasteiger partial charge is 0.564 e. The van der Waals surface area contributed by atoms with Crippen LogP contribution in [0.4, 0.5) is 5.69 Å². The van der Waals surface area contributed by atoms with E-state index in [4.69, 9.17) is 9.15 Å². The summed E-state index contributed by atoms with van der Waals surface area (Å²) in [5.41, 5.74) is 2.15. The topological polar surface area (TPSA) is 125 Å². The van der Waals surface area contributed by atoms with Gasteiger partial charge in [0, 0.05) is 35.8 Å². The van der Waals surface area contributed by atoms with E-state index in [1.807, 2.05) is 6.92 Å². The number of aromatic nitrogens is 2. The number of ether oxygens (including phenoxy) is 1. The maximum absolute atomic E-state index is 12.7. The molecular formula is C22H19N4O5S-. The summed E-state index contributed by atoms with van der Waals surface area (Å²) in [5.74, 6) is 0.444. The molecule has 1 N–H and O–H groups in total. The second-order valence-electron chi connectivity index (χ2n) is 6.90. The molecule has 10 heteroatoms.